The minimum absolute atomic E-state index is 0.0355. The summed E-state index contributed by atoms with van der Waals surface area (Å²) in [5.41, 5.74) is 2.61. The zero-order chi connectivity index (χ0) is 26.0. The highest BCUT2D eigenvalue weighted by atomic mass is 16.5. The molecule has 2 aromatic rings. The second-order valence-electron chi connectivity index (χ2n) is 9.91. The largest absolute Gasteiger partial charge is 0.508 e. The highest BCUT2D eigenvalue weighted by molar-refractivity contribution is 5.46. The van der Waals surface area contributed by atoms with Gasteiger partial charge >= 0.3 is 0 Å². The molecule has 1 fully saturated rings. The summed E-state index contributed by atoms with van der Waals surface area (Å²) in [6.45, 7) is 10.9. The molecule has 1 heterocycles. The predicted molar refractivity (Wildman–Crippen MR) is 148 cm³/mol. The number of hydrogen-bond donors (Lipinski definition) is 1. The number of aromatic hydroxyl groups is 1. The lowest BCUT2D eigenvalue weighted by atomic mass is 9.69. The van der Waals surface area contributed by atoms with Gasteiger partial charge < -0.3 is 9.84 Å². The first kappa shape index (κ1) is 27.5. The van der Waals surface area contributed by atoms with Crippen molar-refractivity contribution in [2.45, 2.75) is 70.6 Å². The molecule has 0 aromatic heterocycles. The van der Waals surface area contributed by atoms with E-state index in [4.69, 9.17) is 4.74 Å². The van der Waals surface area contributed by atoms with E-state index in [-0.39, 0.29) is 17.4 Å². The van der Waals surface area contributed by atoms with Crippen LogP contribution in [-0.2, 0) is 16.8 Å². The number of rotatable bonds is 9. The third-order valence-corrected chi connectivity index (χ3v) is 7.24. The summed E-state index contributed by atoms with van der Waals surface area (Å²) in [6, 6.07) is 20.2. The number of hydrogen-bond acceptors (Lipinski definition) is 4. The van der Waals surface area contributed by atoms with Gasteiger partial charge in [0.15, 0.2) is 0 Å². The van der Waals surface area contributed by atoms with E-state index in [1.165, 1.54) is 0 Å². The van der Waals surface area contributed by atoms with Crippen LogP contribution in [0.2, 0.25) is 0 Å². The van der Waals surface area contributed by atoms with Gasteiger partial charge in [0.1, 0.15) is 11.2 Å². The summed E-state index contributed by atoms with van der Waals surface area (Å²) >= 11 is 0. The maximum absolute atomic E-state index is 10.5. The molecule has 4 rings (SSSR count). The van der Waals surface area contributed by atoms with E-state index in [2.05, 4.69) is 55.2 Å². The second kappa shape index (κ2) is 12.7. The molecular formula is C32H40N2O2. The Kier molecular flexibility index (Phi) is 9.70. The van der Waals surface area contributed by atoms with E-state index in [0.717, 1.165) is 49.1 Å². The van der Waals surface area contributed by atoms with E-state index in [9.17, 15) is 10.4 Å². The van der Waals surface area contributed by atoms with Crippen LogP contribution < -0.4 is 0 Å². The van der Waals surface area contributed by atoms with Crippen molar-refractivity contribution in [2.75, 3.05) is 13.1 Å². The number of nitrogens with zero attached hydrogens (tertiary/aromatic N) is 2. The number of phenols is 1. The van der Waals surface area contributed by atoms with Crippen molar-refractivity contribution in [3.63, 3.8) is 0 Å². The smallest absolute Gasteiger partial charge is 0.115 e. The van der Waals surface area contributed by atoms with Crippen LogP contribution in [0, 0.1) is 11.3 Å². The van der Waals surface area contributed by atoms with E-state index < -0.39 is 5.41 Å². The molecule has 36 heavy (non-hydrogen) atoms. The van der Waals surface area contributed by atoms with Gasteiger partial charge in [-0.3, -0.25) is 4.90 Å². The van der Waals surface area contributed by atoms with Crippen LogP contribution >= 0.6 is 0 Å². The van der Waals surface area contributed by atoms with Gasteiger partial charge in [-0.25, -0.2) is 0 Å². The molecule has 1 aliphatic carbocycles. The Hall–Kier alpha value is -3.13. The molecule has 190 valence electrons. The Morgan fingerprint density at radius 2 is 1.67 bits per heavy atom. The van der Waals surface area contributed by atoms with Gasteiger partial charge in [-0.05, 0) is 61.9 Å². The average molecular weight is 485 g/mol. The maximum Gasteiger partial charge on any atom is 0.115 e. The van der Waals surface area contributed by atoms with Crippen LogP contribution in [0.3, 0.4) is 0 Å². The predicted octanol–water partition coefficient (Wildman–Crippen LogP) is 7.08. The van der Waals surface area contributed by atoms with Crippen molar-refractivity contribution in [1.29, 1.82) is 5.26 Å². The van der Waals surface area contributed by atoms with Crippen LogP contribution in [0.4, 0.5) is 0 Å². The average Bonchev–Trinajstić information content (AvgIpc) is 3.17. The second-order valence-corrected chi connectivity index (χ2v) is 9.91. The van der Waals surface area contributed by atoms with Crippen LogP contribution in [0.5, 0.6) is 5.75 Å². The lowest BCUT2D eigenvalue weighted by Gasteiger charge is -2.49. The van der Waals surface area contributed by atoms with Gasteiger partial charge in [-0.1, -0.05) is 86.7 Å². The van der Waals surface area contributed by atoms with Gasteiger partial charge in [0.25, 0.3) is 0 Å². The molecule has 4 nitrogen and oxygen atoms in total. The minimum Gasteiger partial charge on any atom is -0.508 e. The molecule has 0 saturated carbocycles. The summed E-state index contributed by atoms with van der Waals surface area (Å²) < 4.78 is 6.07. The first-order valence-corrected chi connectivity index (χ1v) is 13.1. The van der Waals surface area contributed by atoms with Gasteiger partial charge in [0.2, 0.25) is 0 Å². The quantitative estimate of drug-likeness (QED) is 0.413. The number of nitriles is 1. The molecule has 0 amide bonds. The molecule has 0 radical (unpaired) electrons. The summed E-state index contributed by atoms with van der Waals surface area (Å²) in [5, 5.41) is 20.0. The van der Waals surface area contributed by atoms with Crippen LogP contribution in [0.15, 0.2) is 90.6 Å². The molecule has 2 aliphatic rings. The lowest BCUT2D eigenvalue weighted by Crippen LogP contribution is -2.61. The summed E-state index contributed by atoms with van der Waals surface area (Å²) in [4.78, 5) is 2.46. The summed E-state index contributed by atoms with van der Waals surface area (Å²) in [6.07, 6.45) is 13.1. The number of phenolic OH excluding ortho intramolecular Hbond substituents is 1. The SMILES string of the molecule is CC.CC(C)(CCC(C#N)(C1=CC=CC=CC1)c1ccccc1)N1CC(OCc2ccc(O)cc2)C1. The van der Waals surface area contributed by atoms with Gasteiger partial charge in [0, 0.05) is 18.6 Å². The fourth-order valence-electron chi connectivity index (χ4n) is 4.79. The van der Waals surface area contributed by atoms with E-state index >= 15 is 0 Å². The van der Waals surface area contributed by atoms with Crippen LogP contribution in [0.25, 0.3) is 0 Å². The van der Waals surface area contributed by atoms with Crippen LogP contribution in [-0.4, -0.2) is 34.7 Å². The molecule has 4 heteroatoms. The first-order valence-electron chi connectivity index (χ1n) is 13.1. The monoisotopic (exact) mass is 484 g/mol. The molecule has 0 spiro atoms. The van der Waals surface area contributed by atoms with Crippen molar-refractivity contribution in [2.24, 2.45) is 0 Å². The number of allylic oxidation sites excluding steroid dienone is 6. The Bertz CT molecular complexity index is 1090. The Morgan fingerprint density at radius 3 is 2.33 bits per heavy atom. The summed E-state index contributed by atoms with van der Waals surface area (Å²) in [5.74, 6) is 0.274. The molecule has 1 saturated heterocycles. The van der Waals surface area contributed by atoms with E-state index in [1.54, 1.807) is 12.1 Å². The number of ether oxygens (including phenoxy) is 1. The molecule has 1 atom stereocenters. The third-order valence-electron chi connectivity index (χ3n) is 7.24. The molecular weight excluding hydrogens is 444 g/mol. The lowest BCUT2D eigenvalue weighted by molar-refractivity contribution is -0.102. The Morgan fingerprint density at radius 1 is 0.972 bits per heavy atom. The Labute approximate surface area is 217 Å². The highest BCUT2D eigenvalue weighted by Crippen LogP contribution is 2.41. The topological polar surface area (TPSA) is 56.5 Å². The van der Waals surface area contributed by atoms with Gasteiger partial charge in [-0.15, -0.1) is 0 Å². The van der Waals surface area contributed by atoms with E-state index in [0.29, 0.717) is 6.61 Å². The molecule has 1 aliphatic heterocycles. The fraction of sp³-hybridized carbons (Fsp3) is 0.406. The molecule has 1 N–H and O–H groups in total. The van der Waals surface area contributed by atoms with Crippen molar-refractivity contribution in [3.05, 3.63) is 102 Å². The van der Waals surface area contributed by atoms with Crippen molar-refractivity contribution in [3.8, 4) is 11.8 Å². The normalized spacial score (nSPS) is 17.6. The van der Waals surface area contributed by atoms with Gasteiger partial charge in [-0.2, -0.15) is 5.26 Å². The number of benzene rings is 2. The zero-order valence-corrected chi connectivity index (χ0v) is 22.2. The third kappa shape index (κ3) is 6.55. The maximum atomic E-state index is 10.5. The standard InChI is InChI=1S/C30H34N2O2.C2H6/c1-29(2,32-20-28(21-32)34-22-24-14-16-27(33)17-15-24)18-19-30(23-31,26-12-8-5-9-13-26)25-10-6-3-4-7-11-25;1-2/h3-10,12-17,28,33H,11,18-22H2,1-2H3;1-2H3. The van der Waals surface area contributed by atoms with Crippen LogP contribution in [0.1, 0.15) is 58.1 Å². The molecule has 0 bridgehead atoms. The number of likely N-dealkylation sites (tertiary alicyclic amines) is 1. The van der Waals surface area contributed by atoms with Crippen molar-refractivity contribution < 1.29 is 9.84 Å². The first-order chi connectivity index (χ1) is 17.4. The minimum atomic E-state index is -0.642. The van der Waals surface area contributed by atoms with Crippen molar-refractivity contribution in [1.82, 2.24) is 4.90 Å². The summed E-state index contributed by atoms with van der Waals surface area (Å²) in [7, 11) is 0. The Balaban J connectivity index is 0.00000176. The highest BCUT2D eigenvalue weighted by Gasteiger charge is 2.42. The van der Waals surface area contributed by atoms with Crippen molar-refractivity contribution >= 4 is 0 Å². The fourth-order valence-corrected chi connectivity index (χ4v) is 4.79. The zero-order valence-electron chi connectivity index (χ0n) is 22.2. The molecule has 2 aromatic carbocycles. The van der Waals surface area contributed by atoms with Gasteiger partial charge in [0.05, 0.1) is 18.8 Å². The molecule has 1 unspecified atom stereocenters. The van der Waals surface area contributed by atoms with E-state index in [1.807, 2.05) is 56.3 Å².